The highest BCUT2D eigenvalue weighted by molar-refractivity contribution is 7.26. The maximum Gasteiger partial charge on any atom is 0.252 e. The molecule has 0 unspecified atom stereocenters. The van der Waals surface area contributed by atoms with Crippen LogP contribution in [0.1, 0.15) is 162 Å². The molecule has 2 nitrogen and oxygen atoms in total. The third-order valence-corrected chi connectivity index (χ3v) is 19.1. The Hall–Kier alpha value is -5.58. The van der Waals surface area contributed by atoms with Gasteiger partial charge >= 0.3 is 0 Å². The molecular formula is C67H73BN2S. The minimum absolute atomic E-state index is 0.00486. The molecule has 3 heterocycles. The second kappa shape index (κ2) is 15.2. The van der Waals surface area contributed by atoms with E-state index in [1.807, 2.05) is 11.3 Å². The lowest BCUT2D eigenvalue weighted by atomic mass is 9.33. The summed E-state index contributed by atoms with van der Waals surface area (Å²) in [5.41, 5.74) is 24.7. The largest absolute Gasteiger partial charge is 0.311 e. The summed E-state index contributed by atoms with van der Waals surface area (Å²) in [5, 5.41) is 2.72. The van der Waals surface area contributed by atoms with Crippen LogP contribution < -0.4 is 26.2 Å². The van der Waals surface area contributed by atoms with Gasteiger partial charge in [0.05, 0.1) is 11.4 Å². The van der Waals surface area contributed by atoms with Gasteiger partial charge in [0.15, 0.2) is 0 Å². The summed E-state index contributed by atoms with van der Waals surface area (Å²) in [4.78, 5) is 5.45. The van der Waals surface area contributed by atoms with E-state index < -0.39 is 0 Å². The van der Waals surface area contributed by atoms with Gasteiger partial charge in [0.25, 0.3) is 6.71 Å². The number of fused-ring (bicyclic) bond motifs is 10. The van der Waals surface area contributed by atoms with E-state index in [-0.39, 0.29) is 39.2 Å². The summed E-state index contributed by atoms with van der Waals surface area (Å²) in [7, 11) is 0. The quantitative estimate of drug-likeness (QED) is 0.163. The van der Waals surface area contributed by atoms with E-state index in [2.05, 4.69) is 235 Å². The first-order valence-corrected chi connectivity index (χ1v) is 27.4. The predicted octanol–water partition coefficient (Wildman–Crippen LogP) is 17.4. The van der Waals surface area contributed by atoms with Crippen molar-refractivity contribution in [2.75, 3.05) is 9.80 Å². The molecule has 0 fully saturated rings. The Morgan fingerprint density at radius 2 is 1.13 bits per heavy atom. The van der Waals surface area contributed by atoms with Crippen molar-refractivity contribution in [2.45, 2.75) is 162 Å². The van der Waals surface area contributed by atoms with Crippen molar-refractivity contribution in [1.82, 2.24) is 0 Å². The highest BCUT2D eigenvalue weighted by atomic mass is 32.1. The third-order valence-electron chi connectivity index (χ3n) is 17.9. The Morgan fingerprint density at radius 1 is 0.507 bits per heavy atom. The molecule has 0 spiro atoms. The van der Waals surface area contributed by atoms with Gasteiger partial charge in [0, 0.05) is 48.5 Å². The van der Waals surface area contributed by atoms with Crippen LogP contribution in [-0.2, 0) is 32.5 Å². The van der Waals surface area contributed by atoms with E-state index >= 15 is 0 Å². The second-order valence-electron chi connectivity index (χ2n) is 26.8. The number of benzene rings is 7. The lowest BCUT2D eigenvalue weighted by molar-refractivity contribution is 0.332. The van der Waals surface area contributed by atoms with Crippen molar-refractivity contribution in [2.24, 2.45) is 0 Å². The molecule has 0 amide bonds. The van der Waals surface area contributed by atoms with Gasteiger partial charge in [-0.25, -0.2) is 0 Å². The molecule has 2 aliphatic heterocycles. The molecule has 0 N–H and O–H groups in total. The zero-order valence-electron chi connectivity index (χ0n) is 45.3. The fourth-order valence-corrected chi connectivity index (χ4v) is 14.9. The van der Waals surface area contributed by atoms with Crippen molar-refractivity contribution in [3.63, 3.8) is 0 Å². The normalized spacial score (nSPS) is 18.2. The average Bonchev–Trinajstić information content (AvgIpc) is 3.70. The van der Waals surface area contributed by atoms with Crippen molar-refractivity contribution in [1.29, 1.82) is 0 Å². The molecule has 0 bridgehead atoms. The molecule has 4 heteroatoms. The Balaban J connectivity index is 1.25. The van der Waals surface area contributed by atoms with Gasteiger partial charge in [-0.1, -0.05) is 170 Å². The lowest BCUT2D eigenvalue weighted by Gasteiger charge is -2.48. The molecular weight excluding hydrogens is 876 g/mol. The molecule has 12 rings (SSSR count). The van der Waals surface area contributed by atoms with Crippen LogP contribution in [0.25, 0.3) is 31.3 Å². The summed E-state index contributed by atoms with van der Waals surface area (Å²) in [6.07, 6.45) is 4.72. The minimum atomic E-state index is -0.0278. The van der Waals surface area contributed by atoms with E-state index in [0.29, 0.717) is 0 Å². The summed E-state index contributed by atoms with van der Waals surface area (Å²) in [6.45, 7) is 36.3. The maximum atomic E-state index is 2.73. The van der Waals surface area contributed by atoms with Crippen LogP contribution >= 0.6 is 11.3 Å². The van der Waals surface area contributed by atoms with Gasteiger partial charge in [-0.3, -0.25) is 0 Å². The first-order chi connectivity index (χ1) is 33.4. The molecule has 2 aliphatic carbocycles. The summed E-state index contributed by atoms with van der Waals surface area (Å²) in [5.74, 6) is 0. The Bertz CT molecular complexity index is 3530. The molecule has 7 aromatic carbocycles. The standard InChI is InChI=1S/C67H73BN2S/c1-40-34-55-59-56(35-40)70(53-28-24-42(62(2,3)4)36-45(53)41-20-17-16-18-21-41)60-51(27-29-57-58(60)44-22-19-23-47(61(44)71-57)63(5,6)7)68(59)52-38-49-50(67(14,15)33-32-66(49,12)13)39-54(52)69(55)43-25-26-46-48(37-43)65(10,11)31-30-64(46,8)9/h16-29,34-39H,30-33H2,1-15H3. The van der Waals surface area contributed by atoms with E-state index in [1.165, 1.54) is 146 Å². The molecule has 1 aromatic heterocycles. The number of rotatable bonds is 3. The average molecular weight is 949 g/mol. The summed E-state index contributed by atoms with van der Waals surface area (Å²) >= 11 is 1.98. The van der Waals surface area contributed by atoms with Gasteiger partial charge in [-0.15, -0.1) is 11.3 Å². The van der Waals surface area contributed by atoms with Gasteiger partial charge in [0.1, 0.15) is 0 Å². The van der Waals surface area contributed by atoms with Gasteiger partial charge in [-0.05, 0) is 175 Å². The van der Waals surface area contributed by atoms with Crippen LogP contribution in [-0.4, -0.2) is 6.71 Å². The fraction of sp³-hybridized carbons (Fsp3) is 0.373. The Kier molecular flexibility index (Phi) is 9.98. The molecule has 0 radical (unpaired) electrons. The van der Waals surface area contributed by atoms with E-state index in [1.54, 1.807) is 0 Å². The van der Waals surface area contributed by atoms with Crippen LogP contribution in [0.3, 0.4) is 0 Å². The molecule has 0 saturated carbocycles. The van der Waals surface area contributed by atoms with Crippen LogP contribution in [0, 0.1) is 6.92 Å². The van der Waals surface area contributed by atoms with E-state index in [0.717, 1.165) is 0 Å². The van der Waals surface area contributed by atoms with E-state index in [4.69, 9.17) is 0 Å². The zero-order valence-corrected chi connectivity index (χ0v) is 46.1. The van der Waals surface area contributed by atoms with Crippen LogP contribution in [0.2, 0.25) is 0 Å². The Labute approximate surface area is 429 Å². The number of hydrogen-bond acceptors (Lipinski definition) is 3. The summed E-state index contributed by atoms with van der Waals surface area (Å²) < 4.78 is 2.74. The van der Waals surface area contributed by atoms with Crippen molar-refractivity contribution in [3.8, 4) is 11.1 Å². The third kappa shape index (κ3) is 7.00. The number of thiophene rings is 1. The van der Waals surface area contributed by atoms with Gasteiger partial charge in [-0.2, -0.15) is 0 Å². The van der Waals surface area contributed by atoms with Crippen molar-refractivity contribution >= 4 is 88.7 Å². The van der Waals surface area contributed by atoms with E-state index in [9.17, 15) is 0 Å². The highest BCUT2D eigenvalue weighted by Crippen LogP contribution is 2.55. The molecule has 0 atom stereocenters. The fourth-order valence-electron chi connectivity index (χ4n) is 13.4. The molecule has 4 aliphatic rings. The Morgan fingerprint density at radius 3 is 1.77 bits per heavy atom. The monoisotopic (exact) mass is 949 g/mol. The SMILES string of the molecule is Cc1cc2c3c(c1)N(c1ccc(C(C)(C)C)cc1-c1ccccc1)c1c(ccc4sc5c(C(C)(C)C)cccc5c14)B3c1cc3c(cc1N2c1ccc2c(c1)C(C)(C)CCC2(C)C)C(C)(C)CCC3(C)C. The van der Waals surface area contributed by atoms with Gasteiger partial charge < -0.3 is 9.80 Å². The van der Waals surface area contributed by atoms with Crippen molar-refractivity contribution in [3.05, 3.63) is 160 Å². The predicted molar refractivity (Wildman–Crippen MR) is 311 cm³/mol. The molecule has 360 valence electrons. The van der Waals surface area contributed by atoms with Crippen LogP contribution in [0.4, 0.5) is 34.1 Å². The topological polar surface area (TPSA) is 6.48 Å². The van der Waals surface area contributed by atoms with Crippen LogP contribution in [0.5, 0.6) is 0 Å². The van der Waals surface area contributed by atoms with Crippen molar-refractivity contribution < 1.29 is 0 Å². The maximum absolute atomic E-state index is 2.73. The number of hydrogen-bond donors (Lipinski definition) is 0. The minimum Gasteiger partial charge on any atom is -0.311 e. The lowest BCUT2D eigenvalue weighted by Crippen LogP contribution is -2.62. The molecule has 71 heavy (non-hydrogen) atoms. The van der Waals surface area contributed by atoms with Gasteiger partial charge in [0.2, 0.25) is 0 Å². The number of anilines is 6. The smallest absolute Gasteiger partial charge is 0.252 e. The number of aryl methyl sites for hydroxylation is 1. The zero-order chi connectivity index (χ0) is 50.1. The number of nitrogens with zero attached hydrogens (tertiary/aromatic N) is 2. The second-order valence-corrected chi connectivity index (χ2v) is 27.9. The highest BCUT2D eigenvalue weighted by Gasteiger charge is 2.48. The first-order valence-electron chi connectivity index (χ1n) is 26.6. The summed E-state index contributed by atoms with van der Waals surface area (Å²) in [6, 6.07) is 48.7. The van der Waals surface area contributed by atoms with Crippen LogP contribution in [0.15, 0.2) is 121 Å². The molecule has 8 aromatic rings. The first kappa shape index (κ1) is 46.5. The molecule has 0 saturated heterocycles.